The Labute approximate surface area is 150 Å². The normalized spacial score (nSPS) is 16.2. The summed E-state index contributed by atoms with van der Waals surface area (Å²) >= 11 is 5.87. The van der Waals surface area contributed by atoms with Crippen LogP contribution in [0.5, 0.6) is 0 Å². The quantitative estimate of drug-likeness (QED) is 0.776. The standard InChI is InChI=1S/C17H20ClN5O2/c1-2-19-17(25)23-9-14-13(21-10-22-14)7-15(23)16(24)20-8-11-3-5-12(18)6-4-11/h3-6,10,15H,2,7-9H2,1H3,(H,19,25)(H,20,24)(H,21,22). The summed E-state index contributed by atoms with van der Waals surface area (Å²) in [6.07, 6.45) is 1.98. The van der Waals surface area contributed by atoms with E-state index in [-0.39, 0.29) is 11.9 Å². The van der Waals surface area contributed by atoms with Gasteiger partial charge in [-0.25, -0.2) is 9.78 Å². The van der Waals surface area contributed by atoms with Gasteiger partial charge >= 0.3 is 6.03 Å². The van der Waals surface area contributed by atoms with E-state index in [1.807, 2.05) is 19.1 Å². The number of hydrogen-bond donors (Lipinski definition) is 3. The lowest BCUT2D eigenvalue weighted by molar-refractivity contribution is -0.126. The van der Waals surface area contributed by atoms with Gasteiger partial charge in [0.15, 0.2) is 0 Å². The van der Waals surface area contributed by atoms with Crippen LogP contribution in [-0.4, -0.2) is 39.4 Å². The van der Waals surface area contributed by atoms with Gasteiger partial charge in [-0.3, -0.25) is 4.79 Å². The van der Waals surface area contributed by atoms with Gasteiger partial charge in [-0.1, -0.05) is 23.7 Å². The highest BCUT2D eigenvalue weighted by molar-refractivity contribution is 6.30. The molecule has 0 saturated heterocycles. The minimum atomic E-state index is -0.588. The molecule has 3 amide bonds. The van der Waals surface area contributed by atoms with Gasteiger partial charge in [0.25, 0.3) is 0 Å². The average molecular weight is 362 g/mol. The molecular formula is C17H20ClN5O2. The van der Waals surface area contributed by atoms with E-state index in [4.69, 9.17) is 11.6 Å². The van der Waals surface area contributed by atoms with E-state index >= 15 is 0 Å². The number of fused-ring (bicyclic) bond motifs is 1. The number of H-pyrrole nitrogens is 1. The Hall–Kier alpha value is -2.54. The molecule has 0 saturated carbocycles. The fourth-order valence-electron chi connectivity index (χ4n) is 2.85. The van der Waals surface area contributed by atoms with Crippen molar-refractivity contribution in [2.45, 2.75) is 32.5 Å². The zero-order valence-electron chi connectivity index (χ0n) is 13.9. The van der Waals surface area contributed by atoms with E-state index in [1.165, 1.54) is 0 Å². The lowest BCUT2D eigenvalue weighted by atomic mass is 10.0. The second kappa shape index (κ2) is 7.57. The molecule has 1 aliphatic rings. The smallest absolute Gasteiger partial charge is 0.318 e. The first-order valence-corrected chi connectivity index (χ1v) is 8.54. The molecule has 0 aliphatic carbocycles. The third-order valence-electron chi connectivity index (χ3n) is 4.17. The topological polar surface area (TPSA) is 90.1 Å². The number of urea groups is 1. The summed E-state index contributed by atoms with van der Waals surface area (Å²) in [4.78, 5) is 33.9. The Bertz CT molecular complexity index is 759. The largest absolute Gasteiger partial charge is 0.350 e. The lowest BCUT2D eigenvalue weighted by Gasteiger charge is -2.34. The van der Waals surface area contributed by atoms with Crippen LogP contribution < -0.4 is 10.6 Å². The monoisotopic (exact) mass is 361 g/mol. The first-order chi connectivity index (χ1) is 12.1. The van der Waals surface area contributed by atoms with Crippen molar-refractivity contribution in [1.82, 2.24) is 25.5 Å². The van der Waals surface area contributed by atoms with Crippen molar-refractivity contribution in [3.63, 3.8) is 0 Å². The first-order valence-electron chi connectivity index (χ1n) is 8.16. The van der Waals surface area contributed by atoms with Crippen molar-refractivity contribution in [1.29, 1.82) is 0 Å². The Morgan fingerprint density at radius 3 is 2.80 bits per heavy atom. The van der Waals surface area contributed by atoms with Crippen LogP contribution in [0.1, 0.15) is 23.9 Å². The number of nitrogens with one attached hydrogen (secondary N) is 3. The molecule has 0 spiro atoms. The van der Waals surface area contributed by atoms with E-state index in [2.05, 4.69) is 20.6 Å². The lowest BCUT2D eigenvalue weighted by Crippen LogP contribution is -2.55. The van der Waals surface area contributed by atoms with Gasteiger partial charge in [0, 0.05) is 24.5 Å². The number of rotatable bonds is 4. The maximum Gasteiger partial charge on any atom is 0.318 e. The number of hydrogen-bond acceptors (Lipinski definition) is 3. The molecule has 0 radical (unpaired) electrons. The maximum absolute atomic E-state index is 12.7. The van der Waals surface area contributed by atoms with Crippen molar-refractivity contribution < 1.29 is 9.59 Å². The summed E-state index contributed by atoms with van der Waals surface area (Å²) in [5.74, 6) is -0.199. The molecule has 8 heteroatoms. The van der Waals surface area contributed by atoms with Crippen LogP contribution >= 0.6 is 11.6 Å². The van der Waals surface area contributed by atoms with Gasteiger partial charge in [-0.2, -0.15) is 0 Å². The van der Waals surface area contributed by atoms with Crippen molar-refractivity contribution in [3.05, 3.63) is 52.6 Å². The van der Waals surface area contributed by atoms with E-state index in [0.29, 0.717) is 31.1 Å². The van der Waals surface area contributed by atoms with Crippen LogP contribution in [0.3, 0.4) is 0 Å². The summed E-state index contributed by atoms with van der Waals surface area (Å²) in [6, 6.07) is 6.43. The summed E-state index contributed by atoms with van der Waals surface area (Å²) in [6.45, 7) is 3.06. The molecule has 1 aliphatic heterocycles. The second-order valence-electron chi connectivity index (χ2n) is 5.86. The van der Waals surface area contributed by atoms with Gasteiger partial charge in [0.2, 0.25) is 5.91 Å². The van der Waals surface area contributed by atoms with Gasteiger partial charge in [-0.15, -0.1) is 0 Å². The van der Waals surface area contributed by atoms with Crippen LogP contribution in [0.4, 0.5) is 4.79 Å². The second-order valence-corrected chi connectivity index (χ2v) is 6.29. The van der Waals surface area contributed by atoms with Gasteiger partial charge in [0.1, 0.15) is 6.04 Å². The highest BCUT2D eigenvalue weighted by Gasteiger charge is 2.35. The molecule has 7 nitrogen and oxygen atoms in total. The fraction of sp³-hybridized carbons (Fsp3) is 0.353. The maximum atomic E-state index is 12.7. The SMILES string of the molecule is CCNC(=O)N1Cc2[nH]cnc2CC1C(=O)NCc1ccc(Cl)cc1. The molecule has 2 heterocycles. The molecule has 1 aromatic heterocycles. The van der Waals surface area contributed by atoms with Crippen molar-refractivity contribution in [2.24, 2.45) is 0 Å². The van der Waals surface area contributed by atoms with Crippen molar-refractivity contribution in [2.75, 3.05) is 6.54 Å². The summed E-state index contributed by atoms with van der Waals surface area (Å²) in [5, 5.41) is 6.31. The molecular weight excluding hydrogens is 342 g/mol. The summed E-state index contributed by atoms with van der Waals surface area (Å²) < 4.78 is 0. The Balaban J connectivity index is 1.71. The highest BCUT2D eigenvalue weighted by Crippen LogP contribution is 2.21. The molecule has 25 heavy (non-hydrogen) atoms. The Kier molecular flexibility index (Phi) is 5.23. The third kappa shape index (κ3) is 3.93. The van der Waals surface area contributed by atoms with E-state index in [0.717, 1.165) is 17.0 Å². The third-order valence-corrected chi connectivity index (χ3v) is 4.42. The van der Waals surface area contributed by atoms with E-state index in [9.17, 15) is 9.59 Å². The predicted molar refractivity (Wildman–Crippen MR) is 94.0 cm³/mol. The minimum Gasteiger partial charge on any atom is -0.350 e. The molecule has 1 unspecified atom stereocenters. The van der Waals surface area contributed by atoms with Crippen LogP contribution in [0.25, 0.3) is 0 Å². The number of benzene rings is 1. The highest BCUT2D eigenvalue weighted by atomic mass is 35.5. The molecule has 132 valence electrons. The zero-order chi connectivity index (χ0) is 17.8. The number of aromatic amines is 1. The number of imidazole rings is 1. The van der Waals surface area contributed by atoms with Crippen LogP contribution in [0.15, 0.2) is 30.6 Å². The van der Waals surface area contributed by atoms with Crippen molar-refractivity contribution >= 4 is 23.5 Å². The molecule has 3 rings (SSSR count). The molecule has 2 aromatic rings. The molecule has 0 fully saturated rings. The summed E-state index contributed by atoms with van der Waals surface area (Å²) in [5.41, 5.74) is 2.64. The number of aromatic nitrogens is 2. The van der Waals surface area contributed by atoms with Gasteiger partial charge in [-0.05, 0) is 24.6 Å². The molecule has 3 N–H and O–H groups in total. The molecule has 1 atom stereocenters. The number of carbonyl (C=O) groups excluding carboxylic acids is 2. The van der Waals surface area contributed by atoms with Gasteiger partial charge in [0.05, 0.1) is 24.3 Å². The van der Waals surface area contributed by atoms with Crippen LogP contribution in [-0.2, 0) is 24.3 Å². The molecule has 0 bridgehead atoms. The number of carbonyl (C=O) groups is 2. The fourth-order valence-corrected chi connectivity index (χ4v) is 2.97. The van der Waals surface area contributed by atoms with Crippen LogP contribution in [0, 0.1) is 0 Å². The van der Waals surface area contributed by atoms with E-state index < -0.39 is 6.04 Å². The predicted octanol–water partition coefficient (Wildman–Crippen LogP) is 1.84. The van der Waals surface area contributed by atoms with Crippen LogP contribution in [0.2, 0.25) is 5.02 Å². The Morgan fingerprint density at radius 2 is 2.08 bits per heavy atom. The zero-order valence-corrected chi connectivity index (χ0v) is 14.6. The van der Waals surface area contributed by atoms with Crippen molar-refractivity contribution in [3.8, 4) is 0 Å². The number of halogens is 1. The van der Waals surface area contributed by atoms with Gasteiger partial charge < -0.3 is 20.5 Å². The number of nitrogens with zero attached hydrogens (tertiary/aromatic N) is 2. The number of amides is 3. The Morgan fingerprint density at radius 1 is 1.32 bits per heavy atom. The van der Waals surface area contributed by atoms with E-state index in [1.54, 1.807) is 23.4 Å². The summed E-state index contributed by atoms with van der Waals surface area (Å²) in [7, 11) is 0. The minimum absolute atomic E-state index is 0.199. The first kappa shape index (κ1) is 17.3. The average Bonchev–Trinajstić information content (AvgIpc) is 3.07. The molecule has 1 aromatic carbocycles.